The van der Waals surface area contributed by atoms with Gasteiger partial charge in [0.25, 0.3) is 0 Å². The first-order valence-electron chi connectivity index (χ1n) is 7.07. The normalized spacial score (nSPS) is 26.5. The Kier molecular flexibility index (Phi) is 3.46. The molecule has 17 heavy (non-hydrogen) atoms. The van der Waals surface area contributed by atoms with Gasteiger partial charge in [0, 0.05) is 12.3 Å². The monoisotopic (exact) mass is 234 g/mol. The molecule has 0 aromatic carbocycles. The van der Waals surface area contributed by atoms with E-state index in [0.29, 0.717) is 5.92 Å². The SMILES string of the molecule is c1oc(CC2CCNC2)nc1C1CCCCC1. The zero-order valence-electron chi connectivity index (χ0n) is 10.5. The van der Waals surface area contributed by atoms with E-state index in [4.69, 9.17) is 9.40 Å². The van der Waals surface area contributed by atoms with Crippen LogP contribution in [0.2, 0.25) is 0 Å². The first kappa shape index (κ1) is 11.3. The number of aromatic nitrogens is 1. The lowest BCUT2D eigenvalue weighted by atomic mass is 9.87. The summed E-state index contributed by atoms with van der Waals surface area (Å²) < 4.78 is 5.64. The molecule has 3 rings (SSSR count). The third-order valence-electron chi connectivity index (χ3n) is 4.22. The van der Waals surface area contributed by atoms with Crippen LogP contribution in [0.1, 0.15) is 56.0 Å². The first-order valence-corrected chi connectivity index (χ1v) is 7.07. The van der Waals surface area contributed by atoms with Crippen molar-refractivity contribution in [2.45, 2.75) is 50.9 Å². The zero-order chi connectivity index (χ0) is 11.5. The van der Waals surface area contributed by atoms with E-state index < -0.39 is 0 Å². The topological polar surface area (TPSA) is 38.1 Å². The van der Waals surface area contributed by atoms with Crippen molar-refractivity contribution in [3.8, 4) is 0 Å². The molecule has 1 saturated heterocycles. The lowest BCUT2D eigenvalue weighted by Gasteiger charge is -2.18. The van der Waals surface area contributed by atoms with Gasteiger partial charge in [0.05, 0.1) is 5.69 Å². The van der Waals surface area contributed by atoms with Gasteiger partial charge < -0.3 is 9.73 Å². The molecule has 3 heteroatoms. The van der Waals surface area contributed by atoms with Crippen LogP contribution in [0.4, 0.5) is 0 Å². The Bertz CT molecular complexity index is 349. The van der Waals surface area contributed by atoms with E-state index in [1.165, 1.54) is 44.2 Å². The molecule has 2 fully saturated rings. The maximum absolute atomic E-state index is 5.64. The Balaban J connectivity index is 1.60. The average molecular weight is 234 g/mol. The number of oxazole rings is 1. The van der Waals surface area contributed by atoms with Gasteiger partial charge in [0.2, 0.25) is 0 Å². The van der Waals surface area contributed by atoms with Gasteiger partial charge in [-0.05, 0) is 38.3 Å². The standard InChI is InChI=1S/C14H22N2O/c1-2-4-12(5-3-1)13-10-17-14(16-13)8-11-6-7-15-9-11/h10-12,15H,1-9H2. The van der Waals surface area contributed by atoms with Crippen molar-refractivity contribution in [1.29, 1.82) is 0 Å². The highest BCUT2D eigenvalue weighted by Gasteiger charge is 2.21. The molecule has 0 bridgehead atoms. The number of nitrogens with zero attached hydrogens (tertiary/aromatic N) is 1. The minimum absolute atomic E-state index is 0.669. The summed E-state index contributed by atoms with van der Waals surface area (Å²) >= 11 is 0. The molecule has 2 aliphatic rings. The van der Waals surface area contributed by atoms with Crippen molar-refractivity contribution < 1.29 is 4.42 Å². The van der Waals surface area contributed by atoms with Crippen LogP contribution < -0.4 is 5.32 Å². The fourth-order valence-electron chi connectivity index (χ4n) is 3.14. The van der Waals surface area contributed by atoms with Crippen LogP contribution in [0.3, 0.4) is 0 Å². The van der Waals surface area contributed by atoms with E-state index in [2.05, 4.69) is 5.32 Å². The van der Waals surface area contributed by atoms with Gasteiger partial charge in [-0.2, -0.15) is 0 Å². The molecule has 1 aliphatic heterocycles. The highest BCUT2D eigenvalue weighted by molar-refractivity contribution is 5.05. The van der Waals surface area contributed by atoms with Crippen LogP contribution in [-0.4, -0.2) is 18.1 Å². The van der Waals surface area contributed by atoms with Crippen molar-refractivity contribution >= 4 is 0 Å². The lowest BCUT2D eigenvalue weighted by Crippen LogP contribution is -2.11. The third kappa shape index (κ3) is 2.71. The zero-order valence-corrected chi connectivity index (χ0v) is 10.5. The van der Waals surface area contributed by atoms with Crippen molar-refractivity contribution in [3.63, 3.8) is 0 Å². The van der Waals surface area contributed by atoms with Crippen LogP contribution in [-0.2, 0) is 6.42 Å². The van der Waals surface area contributed by atoms with E-state index in [9.17, 15) is 0 Å². The minimum Gasteiger partial charge on any atom is -0.449 e. The molecule has 0 radical (unpaired) electrons. The van der Waals surface area contributed by atoms with E-state index >= 15 is 0 Å². The molecule has 1 saturated carbocycles. The molecular formula is C14H22N2O. The Morgan fingerprint density at radius 3 is 2.88 bits per heavy atom. The molecule has 1 atom stereocenters. The number of hydrogen-bond donors (Lipinski definition) is 1. The summed E-state index contributed by atoms with van der Waals surface area (Å²) in [4.78, 5) is 4.70. The summed E-state index contributed by atoms with van der Waals surface area (Å²) in [5, 5.41) is 3.39. The first-order chi connectivity index (χ1) is 8.42. The second kappa shape index (κ2) is 5.21. The van der Waals surface area contributed by atoms with Gasteiger partial charge in [-0.15, -0.1) is 0 Å². The Hall–Kier alpha value is -0.830. The maximum Gasteiger partial charge on any atom is 0.194 e. The predicted octanol–water partition coefficient (Wildman–Crippen LogP) is 2.87. The van der Waals surface area contributed by atoms with Gasteiger partial charge in [0.1, 0.15) is 6.26 Å². The second-order valence-corrected chi connectivity index (χ2v) is 5.56. The summed E-state index contributed by atoms with van der Waals surface area (Å²) in [6.45, 7) is 2.28. The van der Waals surface area contributed by atoms with E-state index in [0.717, 1.165) is 31.3 Å². The van der Waals surface area contributed by atoms with Crippen LogP contribution in [0.15, 0.2) is 10.7 Å². The Morgan fingerprint density at radius 1 is 1.24 bits per heavy atom. The summed E-state index contributed by atoms with van der Waals surface area (Å²) in [5.74, 6) is 2.36. The molecule has 1 N–H and O–H groups in total. The highest BCUT2D eigenvalue weighted by Crippen LogP contribution is 2.32. The number of nitrogens with one attached hydrogen (secondary N) is 1. The van der Waals surface area contributed by atoms with Gasteiger partial charge in [-0.3, -0.25) is 0 Å². The van der Waals surface area contributed by atoms with Gasteiger partial charge >= 0.3 is 0 Å². The second-order valence-electron chi connectivity index (χ2n) is 5.56. The molecule has 3 nitrogen and oxygen atoms in total. The fourth-order valence-corrected chi connectivity index (χ4v) is 3.14. The molecule has 1 unspecified atom stereocenters. The predicted molar refractivity (Wildman–Crippen MR) is 67.0 cm³/mol. The fraction of sp³-hybridized carbons (Fsp3) is 0.786. The molecule has 2 heterocycles. The highest BCUT2D eigenvalue weighted by atomic mass is 16.3. The van der Waals surface area contributed by atoms with Crippen molar-refractivity contribution in [2.24, 2.45) is 5.92 Å². The van der Waals surface area contributed by atoms with E-state index in [1.54, 1.807) is 0 Å². The molecule has 94 valence electrons. The smallest absolute Gasteiger partial charge is 0.194 e. The van der Waals surface area contributed by atoms with Crippen molar-refractivity contribution in [1.82, 2.24) is 10.3 Å². The largest absolute Gasteiger partial charge is 0.449 e. The average Bonchev–Trinajstić information content (AvgIpc) is 3.02. The summed E-state index contributed by atoms with van der Waals surface area (Å²) in [6.07, 6.45) is 10.9. The summed E-state index contributed by atoms with van der Waals surface area (Å²) in [5.41, 5.74) is 1.21. The van der Waals surface area contributed by atoms with Crippen LogP contribution in [0.25, 0.3) is 0 Å². The molecule has 0 amide bonds. The number of hydrogen-bond acceptors (Lipinski definition) is 3. The Labute approximate surface area is 103 Å². The molecular weight excluding hydrogens is 212 g/mol. The lowest BCUT2D eigenvalue weighted by molar-refractivity contribution is 0.433. The minimum atomic E-state index is 0.669. The molecule has 1 aliphatic carbocycles. The summed E-state index contributed by atoms with van der Waals surface area (Å²) in [7, 11) is 0. The van der Waals surface area contributed by atoms with E-state index in [-0.39, 0.29) is 0 Å². The molecule has 0 spiro atoms. The van der Waals surface area contributed by atoms with E-state index in [1.807, 2.05) is 6.26 Å². The van der Waals surface area contributed by atoms with Gasteiger partial charge in [0.15, 0.2) is 5.89 Å². The van der Waals surface area contributed by atoms with Crippen LogP contribution in [0.5, 0.6) is 0 Å². The summed E-state index contributed by atoms with van der Waals surface area (Å²) in [6, 6.07) is 0. The quantitative estimate of drug-likeness (QED) is 0.874. The molecule has 1 aromatic rings. The van der Waals surface area contributed by atoms with Gasteiger partial charge in [-0.25, -0.2) is 4.98 Å². The molecule has 1 aromatic heterocycles. The van der Waals surface area contributed by atoms with Crippen LogP contribution >= 0.6 is 0 Å². The van der Waals surface area contributed by atoms with Gasteiger partial charge in [-0.1, -0.05) is 19.3 Å². The van der Waals surface area contributed by atoms with Crippen molar-refractivity contribution in [3.05, 3.63) is 17.8 Å². The van der Waals surface area contributed by atoms with Crippen molar-refractivity contribution in [2.75, 3.05) is 13.1 Å². The maximum atomic E-state index is 5.64. The number of rotatable bonds is 3. The third-order valence-corrected chi connectivity index (χ3v) is 4.22. The van der Waals surface area contributed by atoms with Crippen LogP contribution in [0, 0.1) is 5.92 Å². The Morgan fingerprint density at radius 2 is 2.12 bits per heavy atom.